The molecular formula is C33H47N3O4. The number of urea groups is 1. The lowest BCUT2D eigenvalue weighted by atomic mass is 9.72. The lowest BCUT2D eigenvalue weighted by Gasteiger charge is -2.41. The van der Waals surface area contributed by atoms with E-state index in [4.69, 9.17) is 0 Å². The molecule has 0 saturated heterocycles. The molecule has 7 nitrogen and oxygen atoms in total. The summed E-state index contributed by atoms with van der Waals surface area (Å²) in [4.78, 5) is 27.6. The van der Waals surface area contributed by atoms with E-state index in [9.17, 15) is 19.8 Å². The van der Waals surface area contributed by atoms with E-state index in [2.05, 4.69) is 41.5 Å². The first kappa shape index (κ1) is 29.9. The molecule has 2 aromatic rings. The van der Waals surface area contributed by atoms with Gasteiger partial charge in [0.15, 0.2) is 0 Å². The smallest absolute Gasteiger partial charge is 0.323 e. The first-order valence-corrected chi connectivity index (χ1v) is 15.0. The van der Waals surface area contributed by atoms with E-state index in [0.717, 1.165) is 68.3 Å². The van der Waals surface area contributed by atoms with Gasteiger partial charge in [-0.1, -0.05) is 56.4 Å². The highest BCUT2D eigenvalue weighted by atomic mass is 16.4. The number of rotatable bonds is 10. The van der Waals surface area contributed by atoms with Crippen molar-refractivity contribution in [2.75, 3.05) is 22.1 Å². The number of amides is 2. The van der Waals surface area contributed by atoms with Crippen molar-refractivity contribution in [1.82, 2.24) is 0 Å². The average molecular weight is 550 g/mol. The van der Waals surface area contributed by atoms with E-state index in [0.29, 0.717) is 17.3 Å². The van der Waals surface area contributed by atoms with E-state index in [1.54, 1.807) is 0 Å². The molecule has 0 aliphatic heterocycles. The van der Waals surface area contributed by atoms with Crippen molar-refractivity contribution in [2.24, 2.45) is 5.92 Å². The highest BCUT2D eigenvalue weighted by Gasteiger charge is 2.36. The van der Waals surface area contributed by atoms with Crippen LogP contribution in [-0.4, -0.2) is 40.4 Å². The van der Waals surface area contributed by atoms with Crippen LogP contribution in [0.3, 0.4) is 0 Å². The second kappa shape index (κ2) is 12.6. The average Bonchev–Trinajstić information content (AvgIpc) is 3.39. The van der Waals surface area contributed by atoms with Gasteiger partial charge >= 0.3 is 12.0 Å². The minimum Gasteiger partial charge on any atom is -0.481 e. The molecular weight excluding hydrogens is 502 g/mol. The first-order valence-electron chi connectivity index (χ1n) is 15.0. The van der Waals surface area contributed by atoms with Crippen molar-refractivity contribution < 1.29 is 19.8 Å². The number of aliphatic hydroxyl groups is 1. The molecule has 0 heterocycles. The summed E-state index contributed by atoms with van der Waals surface area (Å²) in [5.74, 6) is -0.284. The Morgan fingerprint density at radius 2 is 1.68 bits per heavy atom. The van der Waals surface area contributed by atoms with Gasteiger partial charge in [0, 0.05) is 23.7 Å². The van der Waals surface area contributed by atoms with Crippen LogP contribution < -0.4 is 15.5 Å². The van der Waals surface area contributed by atoms with Crippen molar-refractivity contribution >= 4 is 29.1 Å². The number of hydrogen-bond donors (Lipinski definition) is 4. The number of carboxylic acid groups (broad SMARTS) is 1. The predicted molar refractivity (Wildman–Crippen MR) is 162 cm³/mol. The maximum absolute atomic E-state index is 13.2. The Balaban J connectivity index is 1.68. The highest BCUT2D eigenvalue weighted by Crippen LogP contribution is 2.43. The van der Waals surface area contributed by atoms with Gasteiger partial charge in [0.1, 0.15) is 0 Å². The van der Waals surface area contributed by atoms with Gasteiger partial charge in [0.25, 0.3) is 0 Å². The number of hydrogen-bond acceptors (Lipinski definition) is 4. The Labute approximate surface area is 239 Å². The van der Waals surface area contributed by atoms with Crippen molar-refractivity contribution in [1.29, 1.82) is 0 Å². The largest absolute Gasteiger partial charge is 0.481 e. The van der Waals surface area contributed by atoms with Gasteiger partial charge in [0.05, 0.1) is 23.4 Å². The molecule has 0 spiro atoms. The summed E-state index contributed by atoms with van der Waals surface area (Å²) in [6, 6.07) is 13.7. The van der Waals surface area contributed by atoms with E-state index in [1.165, 1.54) is 12.8 Å². The normalized spacial score (nSPS) is 22.9. The van der Waals surface area contributed by atoms with Gasteiger partial charge < -0.3 is 25.7 Å². The maximum atomic E-state index is 13.2. The molecule has 2 aliphatic carbocycles. The Morgan fingerprint density at radius 1 is 1.02 bits per heavy atom. The monoisotopic (exact) mass is 549 g/mol. The van der Waals surface area contributed by atoms with Crippen molar-refractivity contribution in [3.05, 3.63) is 53.6 Å². The van der Waals surface area contributed by atoms with Crippen LogP contribution in [0.25, 0.3) is 0 Å². The summed E-state index contributed by atoms with van der Waals surface area (Å²) in [5.41, 5.74) is 3.21. The summed E-state index contributed by atoms with van der Waals surface area (Å²) in [6.45, 7) is 8.85. The van der Waals surface area contributed by atoms with Gasteiger partial charge in [-0.3, -0.25) is 4.79 Å². The van der Waals surface area contributed by atoms with Gasteiger partial charge in [-0.05, 0) is 88.6 Å². The number of anilines is 3. The molecule has 0 bridgehead atoms. The SMILES string of the molecule is CCN(c1ccc(C(C)(CC(=O)O)CC2CCCC2)cc1NC(=O)Nc1ccc(C)cc1)C1CCC(C)(O)CC1. The fourth-order valence-corrected chi connectivity index (χ4v) is 6.82. The van der Waals surface area contributed by atoms with E-state index < -0.39 is 17.0 Å². The number of carbonyl (C=O) groups excluding carboxylic acids is 1. The van der Waals surface area contributed by atoms with E-state index in [-0.39, 0.29) is 18.5 Å². The van der Waals surface area contributed by atoms with Gasteiger partial charge in [0.2, 0.25) is 0 Å². The number of nitrogens with zero attached hydrogens (tertiary/aromatic N) is 1. The zero-order valence-electron chi connectivity index (χ0n) is 24.6. The predicted octanol–water partition coefficient (Wildman–Crippen LogP) is 7.47. The molecule has 1 atom stereocenters. The summed E-state index contributed by atoms with van der Waals surface area (Å²) in [5, 5.41) is 26.5. The Hall–Kier alpha value is -3.06. The molecule has 2 saturated carbocycles. The molecule has 4 N–H and O–H groups in total. The molecule has 40 heavy (non-hydrogen) atoms. The quantitative estimate of drug-likeness (QED) is 0.246. The lowest BCUT2D eigenvalue weighted by Crippen LogP contribution is -2.43. The Bertz CT molecular complexity index is 1160. The molecule has 0 radical (unpaired) electrons. The van der Waals surface area contributed by atoms with E-state index >= 15 is 0 Å². The van der Waals surface area contributed by atoms with Crippen molar-refractivity contribution in [2.45, 2.75) is 109 Å². The van der Waals surface area contributed by atoms with Gasteiger partial charge in [-0.2, -0.15) is 0 Å². The topological polar surface area (TPSA) is 102 Å². The molecule has 7 heteroatoms. The summed E-state index contributed by atoms with van der Waals surface area (Å²) in [6.07, 6.45) is 8.79. The Morgan fingerprint density at radius 3 is 2.27 bits per heavy atom. The third-order valence-electron chi connectivity index (χ3n) is 9.13. The molecule has 218 valence electrons. The molecule has 0 aromatic heterocycles. The van der Waals surface area contributed by atoms with Crippen LogP contribution in [0.5, 0.6) is 0 Å². The third-order valence-corrected chi connectivity index (χ3v) is 9.13. The van der Waals surface area contributed by atoms with Crippen molar-refractivity contribution in [3.8, 4) is 0 Å². The van der Waals surface area contributed by atoms with Crippen LogP contribution in [0, 0.1) is 12.8 Å². The zero-order chi connectivity index (χ0) is 28.9. The minimum absolute atomic E-state index is 0.0487. The van der Waals surface area contributed by atoms with Crippen molar-refractivity contribution in [3.63, 3.8) is 0 Å². The van der Waals surface area contributed by atoms with Crippen LogP contribution >= 0.6 is 0 Å². The molecule has 2 aromatic carbocycles. The molecule has 2 fully saturated rings. The number of carboxylic acids is 1. The summed E-state index contributed by atoms with van der Waals surface area (Å²) < 4.78 is 0. The molecule has 2 amide bonds. The summed E-state index contributed by atoms with van der Waals surface area (Å²) in [7, 11) is 0. The second-order valence-corrected chi connectivity index (χ2v) is 12.7. The molecule has 2 aliphatic rings. The van der Waals surface area contributed by atoms with Crippen LogP contribution in [0.4, 0.5) is 21.9 Å². The van der Waals surface area contributed by atoms with Crippen LogP contribution in [0.1, 0.15) is 96.1 Å². The van der Waals surface area contributed by atoms with Crippen LogP contribution in [-0.2, 0) is 10.2 Å². The van der Waals surface area contributed by atoms with Gasteiger partial charge in [-0.15, -0.1) is 0 Å². The maximum Gasteiger partial charge on any atom is 0.323 e. The molecule has 4 rings (SSSR count). The number of benzene rings is 2. The zero-order valence-corrected chi connectivity index (χ0v) is 24.6. The fourth-order valence-electron chi connectivity index (χ4n) is 6.82. The molecule has 1 unspecified atom stereocenters. The standard InChI is InChI=1S/C33H47N3O4/c1-5-36(27-16-18-33(4,40)19-17-27)29-15-12-25(32(3,22-30(37)38)21-24-8-6-7-9-24)20-28(29)35-31(39)34-26-13-10-23(2)11-14-26/h10-15,20,24,27,40H,5-9,16-19,21-22H2,1-4H3,(H,37,38)(H2,34,35,39). The second-order valence-electron chi connectivity index (χ2n) is 12.7. The first-order chi connectivity index (χ1) is 19.0. The number of nitrogens with one attached hydrogen (secondary N) is 2. The number of carbonyl (C=O) groups is 2. The van der Waals surface area contributed by atoms with Crippen LogP contribution in [0.15, 0.2) is 42.5 Å². The number of aryl methyl sites for hydroxylation is 1. The Kier molecular flexibility index (Phi) is 9.44. The van der Waals surface area contributed by atoms with E-state index in [1.807, 2.05) is 44.2 Å². The minimum atomic E-state index is -0.805. The highest BCUT2D eigenvalue weighted by molar-refractivity contribution is 6.02. The van der Waals surface area contributed by atoms with Crippen LogP contribution in [0.2, 0.25) is 0 Å². The number of aliphatic carboxylic acids is 1. The fraction of sp³-hybridized carbons (Fsp3) is 0.576. The lowest BCUT2D eigenvalue weighted by molar-refractivity contribution is -0.138. The van der Waals surface area contributed by atoms with Gasteiger partial charge in [-0.25, -0.2) is 4.79 Å². The third kappa shape index (κ3) is 7.57. The summed E-state index contributed by atoms with van der Waals surface area (Å²) >= 11 is 0.